The van der Waals surface area contributed by atoms with Gasteiger partial charge in [-0.05, 0) is 33.0 Å². The van der Waals surface area contributed by atoms with E-state index in [-0.39, 0.29) is 0 Å². The van der Waals surface area contributed by atoms with Crippen LogP contribution in [0.1, 0.15) is 19.3 Å². The first-order valence-corrected chi connectivity index (χ1v) is 4.86. The Hall–Kier alpha value is -0.610. The summed E-state index contributed by atoms with van der Waals surface area (Å²) in [5.74, 6) is -0.756. The Balaban J connectivity index is 2.31. The van der Waals surface area contributed by atoms with Crippen molar-refractivity contribution in [2.24, 2.45) is 0 Å². The van der Waals surface area contributed by atoms with Gasteiger partial charge in [0.15, 0.2) is 0 Å². The second-order valence-electron chi connectivity index (χ2n) is 3.54. The molecule has 1 heterocycles. The highest BCUT2D eigenvalue weighted by Gasteiger charge is 2.19. The Labute approximate surface area is 78.9 Å². The van der Waals surface area contributed by atoms with Crippen molar-refractivity contribution in [2.75, 3.05) is 26.7 Å². The fraction of sp³-hybridized carbons (Fsp3) is 0.889. The first-order valence-electron chi connectivity index (χ1n) is 4.86. The van der Waals surface area contributed by atoms with E-state index in [1.165, 1.54) is 19.3 Å². The van der Waals surface area contributed by atoms with Crippen LogP contribution in [-0.4, -0.2) is 48.7 Å². The number of carboxylic acid groups (broad SMARTS) is 1. The van der Waals surface area contributed by atoms with E-state index < -0.39 is 12.0 Å². The first kappa shape index (κ1) is 10.5. The lowest BCUT2D eigenvalue weighted by molar-refractivity contribution is -0.139. The third-order valence-electron chi connectivity index (χ3n) is 2.54. The van der Waals surface area contributed by atoms with Crippen molar-refractivity contribution in [1.29, 1.82) is 0 Å². The molecule has 1 fully saturated rings. The minimum Gasteiger partial charge on any atom is -0.480 e. The molecule has 1 rings (SSSR count). The minimum absolute atomic E-state index is 0.418. The number of carbonyl (C=O) groups is 1. The van der Waals surface area contributed by atoms with Gasteiger partial charge >= 0.3 is 5.97 Å². The molecule has 4 nitrogen and oxygen atoms in total. The Bertz CT molecular complexity index is 167. The fourth-order valence-corrected chi connectivity index (χ4v) is 1.69. The third-order valence-corrected chi connectivity index (χ3v) is 2.54. The monoisotopic (exact) mass is 186 g/mol. The molecule has 0 aliphatic carbocycles. The SMILES string of the molecule is CN[C@@H](CN1CCCCC1)C(=O)O. The molecule has 0 aromatic heterocycles. The van der Waals surface area contributed by atoms with E-state index in [0.717, 1.165) is 13.1 Å². The van der Waals surface area contributed by atoms with E-state index >= 15 is 0 Å². The van der Waals surface area contributed by atoms with Gasteiger partial charge in [0.2, 0.25) is 0 Å². The first-order chi connectivity index (χ1) is 6.24. The van der Waals surface area contributed by atoms with E-state index in [1.54, 1.807) is 7.05 Å². The summed E-state index contributed by atoms with van der Waals surface area (Å²) in [6.07, 6.45) is 3.69. The van der Waals surface area contributed by atoms with Crippen LogP contribution in [0.4, 0.5) is 0 Å². The summed E-state index contributed by atoms with van der Waals surface area (Å²) in [7, 11) is 1.70. The highest BCUT2D eigenvalue weighted by atomic mass is 16.4. The predicted molar refractivity (Wildman–Crippen MR) is 50.8 cm³/mol. The van der Waals surface area contributed by atoms with Crippen molar-refractivity contribution in [2.45, 2.75) is 25.3 Å². The summed E-state index contributed by atoms with van der Waals surface area (Å²) < 4.78 is 0. The van der Waals surface area contributed by atoms with Crippen molar-refractivity contribution in [1.82, 2.24) is 10.2 Å². The number of aliphatic carboxylic acids is 1. The summed E-state index contributed by atoms with van der Waals surface area (Å²) in [5, 5.41) is 11.6. The van der Waals surface area contributed by atoms with Crippen LogP contribution in [0.15, 0.2) is 0 Å². The van der Waals surface area contributed by atoms with Gasteiger partial charge < -0.3 is 15.3 Å². The van der Waals surface area contributed by atoms with Gasteiger partial charge in [-0.1, -0.05) is 6.42 Å². The maximum Gasteiger partial charge on any atom is 0.322 e. The molecule has 0 aromatic carbocycles. The van der Waals surface area contributed by atoms with Gasteiger partial charge in [-0.25, -0.2) is 0 Å². The fourth-order valence-electron chi connectivity index (χ4n) is 1.69. The molecule has 13 heavy (non-hydrogen) atoms. The maximum absolute atomic E-state index is 10.7. The van der Waals surface area contributed by atoms with Crippen LogP contribution in [0.3, 0.4) is 0 Å². The second-order valence-corrected chi connectivity index (χ2v) is 3.54. The van der Waals surface area contributed by atoms with Crippen LogP contribution < -0.4 is 5.32 Å². The summed E-state index contributed by atoms with van der Waals surface area (Å²) in [4.78, 5) is 12.9. The van der Waals surface area contributed by atoms with Gasteiger partial charge in [0.25, 0.3) is 0 Å². The summed E-state index contributed by atoms with van der Waals surface area (Å²) in [6, 6.07) is -0.418. The molecule has 76 valence electrons. The molecule has 0 amide bonds. The molecule has 0 unspecified atom stereocenters. The van der Waals surface area contributed by atoms with E-state index in [2.05, 4.69) is 10.2 Å². The molecule has 1 aliphatic heterocycles. The van der Waals surface area contributed by atoms with Crippen LogP contribution in [0.5, 0.6) is 0 Å². The van der Waals surface area contributed by atoms with E-state index in [9.17, 15) is 4.79 Å². The molecule has 4 heteroatoms. The predicted octanol–water partition coefficient (Wildman–Crippen LogP) is 0.145. The van der Waals surface area contributed by atoms with Gasteiger partial charge in [-0.15, -0.1) is 0 Å². The number of piperidine rings is 1. The van der Waals surface area contributed by atoms with Crippen LogP contribution in [-0.2, 0) is 4.79 Å². The number of nitrogens with one attached hydrogen (secondary N) is 1. The third kappa shape index (κ3) is 3.32. The minimum atomic E-state index is -0.756. The van der Waals surface area contributed by atoms with Gasteiger partial charge in [0.05, 0.1) is 0 Å². The van der Waals surface area contributed by atoms with Crippen molar-refractivity contribution < 1.29 is 9.90 Å². The highest BCUT2D eigenvalue weighted by Crippen LogP contribution is 2.08. The molecule has 0 bridgehead atoms. The van der Waals surface area contributed by atoms with E-state index in [1.807, 2.05) is 0 Å². The lowest BCUT2D eigenvalue weighted by Crippen LogP contribution is -2.46. The summed E-state index contributed by atoms with van der Waals surface area (Å²) in [6.45, 7) is 2.72. The second kappa shape index (κ2) is 5.19. The molecule has 2 N–H and O–H groups in total. The lowest BCUT2D eigenvalue weighted by Gasteiger charge is -2.28. The molecule has 0 aromatic rings. The Morgan fingerprint density at radius 2 is 2.08 bits per heavy atom. The zero-order valence-electron chi connectivity index (χ0n) is 8.12. The zero-order chi connectivity index (χ0) is 9.68. The lowest BCUT2D eigenvalue weighted by atomic mass is 10.1. The van der Waals surface area contributed by atoms with E-state index in [0.29, 0.717) is 6.54 Å². The van der Waals surface area contributed by atoms with Crippen molar-refractivity contribution in [3.8, 4) is 0 Å². The molecular formula is C9H18N2O2. The Kier molecular flexibility index (Phi) is 4.18. The van der Waals surface area contributed by atoms with Crippen molar-refractivity contribution in [3.63, 3.8) is 0 Å². The van der Waals surface area contributed by atoms with Crippen LogP contribution in [0.2, 0.25) is 0 Å². The van der Waals surface area contributed by atoms with Gasteiger partial charge in [-0.3, -0.25) is 4.79 Å². The zero-order valence-corrected chi connectivity index (χ0v) is 8.12. The number of likely N-dealkylation sites (tertiary alicyclic amines) is 1. The van der Waals surface area contributed by atoms with Gasteiger partial charge in [0.1, 0.15) is 6.04 Å². The molecular weight excluding hydrogens is 168 g/mol. The maximum atomic E-state index is 10.7. The van der Waals surface area contributed by atoms with Crippen LogP contribution in [0.25, 0.3) is 0 Å². The quantitative estimate of drug-likeness (QED) is 0.656. The average molecular weight is 186 g/mol. The smallest absolute Gasteiger partial charge is 0.322 e. The average Bonchev–Trinajstić information content (AvgIpc) is 2.15. The molecule has 1 atom stereocenters. The largest absolute Gasteiger partial charge is 0.480 e. The van der Waals surface area contributed by atoms with E-state index in [4.69, 9.17) is 5.11 Å². The topological polar surface area (TPSA) is 52.6 Å². The molecule has 0 radical (unpaired) electrons. The van der Waals surface area contributed by atoms with Crippen LogP contribution >= 0.6 is 0 Å². The van der Waals surface area contributed by atoms with Gasteiger partial charge in [-0.2, -0.15) is 0 Å². The number of hydrogen-bond acceptors (Lipinski definition) is 3. The van der Waals surface area contributed by atoms with Crippen molar-refractivity contribution >= 4 is 5.97 Å². The highest BCUT2D eigenvalue weighted by molar-refractivity contribution is 5.73. The van der Waals surface area contributed by atoms with Crippen molar-refractivity contribution in [3.05, 3.63) is 0 Å². The normalized spacial score (nSPS) is 21.3. The molecule has 0 saturated carbocycles. The van der Waals surface area contributed by atoms with Gasteiger partial charge in [0, 0.05) is 6.54 Å². The number of rotatable bonds is 4. The number of carboxylic acids is 1. The van der Waals surface area contributed by atoms with Crippen LogP contribution in [0, 0.1) is 0 Å². The standard InChI is InChI=1S/C9H18N2O2/c1-10-8(9(12)13)7-11-5-3-2-4-6-11/h8,10H,2-7H2,1H3,(H,12,13)/t8-/m0/s1. The Morgan fingerprint density at radius 3 is 2.54 bits per heavy atom. The molecule has 0 spiro atoms. The summed E-state index contributed by atoms with van der Waals surface area (Å²) >= 11 is 0. The molecule has 1 saturated heterocycles. The number of hydrogen-bond donors (Lipinski definition) is 2. The number of likely N-dealkylation sites (N-methyl/N-ethyl adjacent to an activating group) is 1. The number of nitrogens with zero attached hydrogens (tertiary/aromatic N) is 1. The summed E-state index contributed by atoms with van der Waals surface area (Å²) in [5.41, 5.74) is 0. The Morgan fingerprint density at radius 1 is 1.46 bits per heavy atom. The molecule has 1 aliphatic rings.